The molecule has 6 nitrogen and oxygen atoms in total. The number of ether oxygens (including phenoxy) is 2. The van der Waals surface area contributed by atoms with Crippen molar-refractivity contribution in [1.82, 2.24) is 9.78 Å². The number of para-hydroxylation sites is 1. The fourth-order valence-electron chi connectivity index (χ4n) is 2.41. The van der Waals surface area contributed by atoms with Gasteiger partial charge < -0.3 is 14.6 Å². The van der Waals surface area contributed by atoms with Crippen molar-refractivity contribution < 1.29 is 19.4 Å². The zero-order valence-electron chi connectivity index (χ0n) is 13.8. The number of hydrogen-bond donors (Lipinski definition) is 1. The number of rotatable bonds is 7. The molecule has 0 saturated carbocycles. The molecule has 0 aliphatic heterocycles. The molecule has 2 aromatic carbocycles. The summed E-state index contributed by atoms with van der Waals surface area (Å²) in [5, 5.41) is 13.8. The molecule has 0 spiro atoms. The maximum absolute atomic E-state index is 11.7. The average molecular weight is 338 g/mol. The molecule has 0 aliphatic rings. The number of aryl methyl sites for hydroxylation is 1. The molecule has 0 unspecified atom stereocenters. The van der Waals surface area contributed by atoms with Crippen LogP contribution in [0.25, 0.3) is 0 Å². The number of benzene rings is 2. The van der Waals surface area contributed by atoms with E-state index in [1.165, 1.54) is 4.68 Å². The number of carbonyl (C=O) groups is 1. The van der Waals surface area contributed by atoms with Crippen LogP contribution in [0, 0.1) is 0 Å². The molecule has 1 heterocycles. The first-order valence-corrected chi connectivity index (χ1v) is 7.79. The Kier molecular flexibility index (Phi) is 4.99. The maximum Gasteiger partial charge on any atom is 0.343 e. The Bertz CT molecular complexity index is 845. The van der Waals surface area contributed by atoms with Crippen LogP contribution >= 0.6 is 0 Å². The summed E-state index contributed by atoms with van der Waals surface area (Å²) in [4.78, 5) is 11.7. The van der Waals surface area contributed by atoms with Crippen LogP contribution in [0.4, 0.5) is 0 Å². The van der Waals surface area contributed by atoms with Crippen LogP contribution in [0.2, 0.25) is 0 Å². The van der Waals surface area contributed by atoms with Gasteiger partial charge in [0.05, 0.1) is 5.69 Å². The second-order valence-electron chi connectivity index (χ2n) is 5.43. The summed E-state index contributed by atoms with van der Waals surface area (Å²) in [6.07, 6.45) is 0. The molecule has 3 rings (SSSR count). The molecular weight excluding hydrogens is 320 g/mol. The minimum absolute atomic E-state index is 0.0226. The van der Waals surface area contributed by atoms with Crippen LogP contribution in [-0.4, -0.2) is 20.9 Å². The minimum atomic E-state index is -1.09. The highest BCUT2D eigenvalue weighted by atomic mass is 16.5. The van der Waals surface area contributed by atoms with Gasteiger partial charge in [-0.15, -0.1) is 5.10 Å². The van der Waals surface area contributed by atoms with E-state index in [0.717, 1.165) is 5.56 Å². The van der Waals surface area contributed by atoms with Gasteiger partial charge in [0.25, 0.3) is 0 Å². The molecule has 0 atom stereocenters. The van der Waals surface area contributed by atoms with E-state index in [9.17, 15) is 9.90 Å². The lowest BCUT2D eigenvalue weighted by atomic mass is 10.2. The zero-order chi connectivity index (χ0) is 17.6. The minimum Gasteiger partial charge on any atom is -0.487 e. The van der Waals surface area contributed by atoms with Gasteiger partial charge in [0.1, 0.15) is 24.5 Å². The lowest BCUT2D eigenvalue weighted by molar-refractivity contribution is 0.0688. The second-order valence-corrected chi connectivity index (χ2v) is 5.43. The summed E-state index contributed by atoms with van der Waals surface area (Å²) in [5.74, 6) is -0.347. The van der Waals surface area contributed by atoms with Gasteiger partial charge in [-0.25, -0.2) is 4.79 Å². The first-order valence-electron chi connectivity index (χ1n) is 7.79. The fraction of sp³-hybridized carbons (Fsp3) is 0.158. The number of carboxylic acids is 1. The number of carboxylic acid groups (broad SMARTS) is 1. The van der Waals surface area contributed by atoms with E-state index in [4.69, 9.17) is 9.47 Å². The Morgan fingerprint density at radius 3 is 2.28 bits per heavy atom. The molecule has 0 aliphatic carbocycles. The largest absolute Gasteiger partial charge is 0.487 e. The number of aromatic nitrogens is 2. The Morgan fingerprint density at radius 2 is 1.64 bits per heavy atom. The lowest BCUT2D eigenvalue weighted by Gasteiger charge is -2.07. The van der Waals surface area contributed by atoms with Gasteiger partial charge in [0, 0.05) is 7.05 Å². The van der Waals surface area contributed by atoms with Crippen molar-refractivity contribution in [2.75, 3.05) is 0 Å². The summed E-state index contributed by atoms with van der Waals surface area (Å²) in [7, 11) is 1.67. The lowest BCUT2D eigenvalue weighted by Crippen LogP contribution is -2.09. The molecule has 1 aromatic heterocycles. The number of hydrogen-bond acceptors (Lipinski definition) is 4. The second kappa shape index (κ2) is 7.53. The first-order chi connectivity index (χ1) is 12.1. The third-order valence-corrected chi connectivity index (χ3v) is 3.68. The summed E-state index contributed by atoms with van der Waals surface area (Å²) < 4.78 is 12.8. The first kappa shape index (κ1) is 16.6. The van der Waals surface area contributed by atoms with Crippen molar-refractivity contribution in [3.63, 3.8) is 0 Å². The summed E-state index contributed by atoms with van der Waals surface area (Å²) >= 11 is 0. The predicted octanol–water partition coefficient (Wildman–Crippen LogP) is 3.28. The Labute approximate surface area is 145 Å². The van der Waals surface area contributed by atoms with Gasteiger partial charge >= 0.3 is 5.97 Å². The van der Waals surface area contributed by atoms with E-state index in [0.29, 0.717) is 11.4 Å². The quantitative estimate of drug-likeness (QED) is 0.716. The van der Waals surface area contributed by atoms with Crippen LogP contribution in [0.5, 0.6) is 11.6 Å². The predicted molar refractivity (Wildman–Crippen MR) is 91.7 cm³/mol. The standard InChI is InChI=1S/C19H18N2O4/c1-21-16(13-24-15-10-6-3-7-11-15)17(19(22)23)18(20-21)25-12-14-8-4-2-5-9-14/h2-11H,12-13H2,1H3,(H,22,23). The highest BCUT2D eigenvalue weighted by Crippen LogP contribution is 2.24. The molecule has 128 valence electrons. The van der Waals surface area contributed by atoms with Gasteiger partial charge in [-0.2, -0.15) is 0 Å². The number of aromatic carboxylic acids is 1. The SMILES string of the molecule is Cn1nc(OCc2ccccc2)c(C(=O)O)c1COc1ccccc1. The van der Waals surface area contributed by atoms with Crippen LogP contribution < -0.4 is 9.47 Å². The van der Waals surface area contributed by atoms with Crippen molar-refractivity contribution in [3.8, 4) is 11.6 Å². The van der Waals surface area contributed by atoms with E-state index in [1.54, 1.807) is 7.05 Å². The highest BCUT2D eigenvalue weighted by molar-refractivity contribution is 5.91. The summed E-state index contributed by atoms with van der Waals surface area (Å²) in [5.41, 5.74) is 1.40. The van der Waals surface area contributed by atoms with E-state index in [2.05, 4.69) is 5.10 Å². The van der Waals surface area contributed by atoms with Crippen LogP contribution in [0.15, 0.2) is 60.7 Å². The monoisotopic (exact) mass is 338 g/mol. The van der Waals surface area contributed by atoms with E-state index < -0.39 is 5.97 Å². The highest BCUT2D eigenvalue weighted by Gasteiger charge is 2.24. The van der Waals surface area contributed by atoms with Gasteiger partial charge in [0.15, 0.2) is 0 Å². The molecule has 1 N–H and O–H groups in total. The van der Waals surface area contributed by atoms with Gasteiger partial charge in [-0.3, -0.25) is 4.68 Å². The van der Waals surface area contributed by atoms with Gasteiger partial charge in [0.2, 0.25) is 5.88 Å². The Hall–Kier alpha value is -3.28. The van der Waals surface area contributed by atoms with E-state index in [-0.39, 0.29) is 24.7 Å². The Morgan fingerprint density at radius 1 is 1.00 bits per heavy atom. The molecule has 0 fully saturated rings. The fourth-order valence-corrected chi connectivity index (χ4v) is 2.41. The summed E-state index contributed by atoms with van der Waals surface area (Å²) in [6, 6.07) is 18.7. The van der Waals surface area contributed by atoms with Crippen molar-refractivity contribution in [3.05, 3.63) is 77.5 Å². The number of nitrogens with zero attached hydrogens (tertiary/aromatic N) is 2. The molecule has 0 amide bonds. The molecular formula is C19H18N2O4. The molecule has 25 heavy (non-hydrogen) atoms. The van der Waals surface area contributed by atoms with Crippen molar-refractivity contribution in [2.45, 2.75) is 13.2 Å². The van der Waals surface area contributed by atoms with Gasteiger partial charge in [-0.05, 0) is 17.7 Å². The molecule has 0 radical (unpaired) electrons. The molecule has 6 heteroatoms. The normalized spacial score (nSPS) is 10.4. The van der Waals surface area contributed by atoms with Crippen LogP contribution in [0.1, 0.15) is 21.6 Å². The third-order valence-electron chi connectivity index (χ3n) is 3.68. The van der Waals surface area contributed by atoms with Crippen LogP contribution in [0.3, 0.4) is 0 Å². The smallest absolute Gasteiger partial charge is 0.343 e. The van der Waals surface area contributed by atoms with Gasteiger partial charge in [-0.1, -0.05) is 48.5 Å². The van der Waals surface area contributed by atoms with Crippen LogP contribution in [-0.2, 0) is 20.3 Å². The van der Waals surface area contributed by atoms with E-state index in [1.807, 2.05) is 60.7 Å². The summed E-state index contributed by atoms with van der Waals surface area (Å²) in [6.45, 7) is 0.334. The van der Waals surface area contributed by atoms with Crippen molar-refractivity contribution in [1.29, 1.82) is 0 Å². The van der Waals surface area contributed by atoms with Crippen molar-refractivity contribution >= 4 is 5.97 Å². The third kappa shape index (κ3) is 3.98. The van der Waals surface area contributed by atoms with E-state index >= 15 is 0 Å². The Balaban J connectivity index is 1.78. The average Bonchev–Trinajstić information content (AvgIpc) is 2.95. The molecule has 0 saturated heterocycles. The topological polar surface area (TPSA) is 73.6 Å². The zero-order valence-corrected chi connectivity index (χ0v) is 13.8. The van der Waals surface area contributed by atoms with Crippen molar-refractivity contribution in [2.24, 2.45) is 7.05 Å². The molecule has 3 aromatic rings. The maximum atomic E-state index is 11.7. The molecule has 0 bridgehead atoms.